The fourth-order valence-electron chi connectivity index (χ4n) is 3.28. The Labute approximate surface area is 168 Å². The van der Waals surface area contributed by atoms with Gasteiger partial charge in [-0.3, -0.25) is 14.6 Å². The minimum Gasteiger partial charge on any atom is -0.492 e. The fraction of sp³-hybridized carbons (Fsp3) is 0.174. The lowest BCUT2D eigenvalue weighted by atomic mass is 9.96. The molecule has 0 fully saturated rings. The Kier molecular flexibility index (Phi) is 4.99. The Hall–Kier alpha value is -3.67. The number of rotatable bonds is 5. The molecule has 0 aliphatic carbocycles. The van der Waals surface area contributed by atoms with E-state index in [9.17, 15) is 9.59 Å². The number of nitrogens with two attached hydrogens (primary N) is 1. The van der Waals surface area contributed by atoms with Crippen molar-refractivity contribution < 1.29 is 19.1 Å². The topological polar surface area (TPSA) is 91.5 Å². The average Bonchev–Trinajstić information content (AvgIpc) is 2.75. The first-order valence-electron chi connectivity index (χ1n) is 9.30. The van der Waals surface area contributed by atoms with Crippen LogP contribution in [-0.2, 0) is 0 Å². The van der Waals surface area contributed by atoms with Gasteiger partial charge >= 0.3 is 0 Å². The number of carbonyl (C=O) groups is 2. The number of pyridine rings is 1. The number of ether oxygens (including phenoxy) is 2. The summed E-state index contributed by atoms with van der Waals surface area (Å²) >= 11 is 0. The number of amides is 1. The highest BCUT2D eigenvalue weighted by atomic mass is 16.5. The van der Waals surface area contributed by atoms with E-state index in [-0.39, 0.29) is 11.7 Å². The molecule has 1 amide bonds. The molecule has 0 saturated carbocycles. The molecule has 4 rings (SSSR count). The van der Waals surface area contributed by atoms with Gasteiger partial charge in [-0.1, -0.05) is 19.1 Å². The Morgan fingerprint density at radius 1 is 1.10 bits per heavy atom. The molecule has 2 unspecified atom stereocenters. The molecule has 0 saturated heterocycles. The quantitative estimate of drug-likeness (QED) is 0.722. The summed E-state index contributed by atoms with van der Waals surface area (Å²) in [5.41, 5.74) is 8.09. The van der Waals surface area contributed by atoms with Crippen LogP contribution in [-0.4, -0.2) is 23.3 Å². The smallest absolute Gasteiger partial charge is 0.248 e. The molecule has 1 aliphatic heterocycles. The summed E-state index contributed by atoms with van der Waals surface area (Å²) in [4.78, 5) is 27.7. The SMILES string of the molecule is CC1COc2cc(OC(c3ccncc3)c3ccc(C(N)=O)cc3)ccc2C1=O. The van der Waals surface area contributed by atoms with Crippen molar-refractivity contribution in [2.75, 3.05) is 6.61 Å². The highest BCUT2D eigenvalue weighted by Gasteiger charge is 2.26. The number of hydrogen-bond donors (Lipinski definition) is 1. The molecule has 0 bridgehead atoms. The van der Waals surface area contributed by atoms with E-state index in [2.05, 4.69) is 4.98 Å². The van der Waals surface area contributed by atoms with Gasteiger partial charge in [0, 0.05) is 24.0 Å². The number of aromatic nitrogens is 1. The first-order valence-corrected chi connectivity index (χ1v) is 9.30. The van der Waals surface area contributed by atoms with Crippen LogP contribution in [0.15, 0.2) is 67.0 Å². The van der Waals surface area contributed by atoms with Crippen molar-refractivity contribution in [2.24, 2.45) is 11.7 Å². The molecular weight excluding hydrogens is 368 g/mol. The average molecular weight is 388 g/mol. The second-order valence-corrected chi connectivity index (χ2v) is 7.00. The molecular formula is C23H20N2O4. The molecule has 2 N–H and O–H groups in total. The van der Waals surface area contributed by atoms with Crippen molar-refractivity contribution in [3.05, 3.63) is 89.2 Å². The van der Waals surface area contributed by atoms with Gasteiger partial charge < -0.3 is 15.2 Å². The highest BCUT2D eigenvalue weighted by Crippen LogP contribution is 2.34. The van der Waals surface area contributed by atoms with E-state index in [1.165, 1.54) is 0 Å². The van der Waals surface area contributed by atoms with Crippen LogP contribution < -0.4 is 15.2 Å². The van der Waals surface area contributed by atoms with Gasteiger partial charge in [0.05, 0.1) is 18.1 Å². The second-order valence-electron chi connectivity index (χ2n) is 7.00. The maximum absolute atomic E-state index is 12.3. The Morgan fingerprint density at radius 3 is 2.48 bits per heavy atom. The lowest BCUT2D eigenvalue weighted by molar-refractivity contribution is 0.0847. The molecule has 0 radical (unpaired) electrons. The first kappa shape index (κ1) is 18.7. The Bertz CT molecular complexity index is 1050. The van der Waals surface area contributed by atoms with E-state index in [4.69, 9.17) is 15.2 Å². The minimum atomic E-state index is -0.483. The van der Waals surface area contributed by atoms with Crippen molar-refractivity contribution >= 4 is 11.7 Å². The van der Waals surface area contributed by atoms with E-state index < -0.39 is 12.0 Å². The Balaban J connectivity index is 1.68. The molecule has 2 aromatic carbocycles. The van der Waals surface area contributed by atoms with Crippen LogP contribution in [0, 0.1) is 5.92 Å². The minimum absolute atomic E-state index is 0.0746. The normalized spacial score (nSPS) is 16.4. The van der Waals surface area contributed by atoms with Gasteiger partial charge in [0.2, 0.25) is 5.91 Å². The van der Waals surface area contributed by atoms with Gasteiger partial charge in [-0.15, -0.1) is 0 Å². The highest BCUT2D eigenvalue weighted by molar-refractivity contribution is 6.01. The summed E-state index contributed by atoms with van der Waals surface area (Å²) in [7, 11) is 0. The van der Waals surface area contributed by atoms with Crippen molar-refractivity contribution in [2.45, 2.75) is 13.0 Å². The number of primary amides is 1. The molecule has 146 valence electrons. The summed E-state index contributed by atoms with van der Waals surface area (Å²) in [5, 5.41) is 0. The molecule has 2 atom stereocenters. The van der Waals surface area contributed by atoms with Gasteiger partial charge in [0.1, 0.15) is 17.6 Å². The van der Waals surface area contributed by atoms with Gasteiger partial charge in [-0.05, 0) is 47.5 Å². The molecule has 6 heteroatoms. The number of Topliss-reactive ketones (excluding diaryl/α,β-unsaturated/α-hetero) is 1. The molecule has 3 aromatic rings. The van der Waals surface area contributed by atoms with Crippen LogP contribution in [0.1, 0.15) is 44.9 Å². The second kappa shape index (κ2) is 7.75. The van der Waals surface area contributed by atoms with Crippen molar-refractivity contribution in [1.29, 1.82) is 0 Å². The molecule has 6 nitrogen and oxygen atoms in total. The van der Waals surface area contributed by atoms with E-state index in [0.717, 1.165) is 11.1 Å². The van der Waals surface area contributed by atoms with E-state index in [1.54, 1.807) is 42.7 Å². The van der Waals surface area contributed by atoms with Crippen LogP contribution in [0.3, 0.4) is 0 Å². The van der Waals surface area contributed by atoms with Gasteiger partial charge in [-0.25, -0.2) is 0 Å². The lowest BCUT2D eigenvalue weighted by Crippen LogP contribution is -2.25. The van der Waals surface area contributed by atoms with Crippen molar-refractivity contribution in [1.82, 2.24) is 4.98 Å². The molecule has 2 heterocycles. The number of fused-ring (bicyclic) bond motifs is 1. The molecule has 1 aliphatic rings. The zero-order chi connectivity index (χ0) is 20.4. The van der Waals surface area contributed by atoms with Crippen LogP contribution in [0.25, 0.3) is 0 Å². The van der Waals surface area contributed by atoms with Gasteiger partial charge in [0.25, 0.3) is 0 Å². The number of nitrogens with zero attached hydrogens (tertiary/aromatic N) is 1. The van der Waals surface area contributed by atoms with Gasteiger partial charge in [0.15, 0.2) is 5.78 Å². The number of hydrogen-bond acceptors (Lipinski definition) is 5. The summed E-state index contributed by atoms with van der Waals surface area (Å²) in [6.45, 7) is 2.21. The maximum Gasteiger partial charge on any atom is 0.248 e. The largest absolute Gasteiger partial charge is 0.492 e. The summed E-state index contributed by atoms with van der Waals surface area (Å²) in [6.07, 6.45) is 2.95. The summed E-state index contributed by atoms with van der Waals surface area (Å²) in [6, 6.07) is 15.9. The monoisotopic (exact) mass is 388 g/mol. The molecule has 29 heavy (non-hydrogen) atoms. The molecule has 1 aromatic heterocycles. The zero-order valence-electron chi connectivity index (χ0n) is 15.9. The third-order valence-corrected chi connectivity index (χ3v) is 4.92. The third-order valence-electron chi connectivity index (χ3n) is 4.92. The Morgan fingerprint density at radius 2 is 1.79 bits per heavy atom. The lowest BCUT2D eigenvalue weighted by Gasteiger charge is -2.24. The van der Waals surface area contributed by atoms with Crippen LogP contribution in [0.5, 0.6) is 11.5 Å². The van der Waals surface area contributed by atoms with Gasteiger partial charge in [-0.2, -0.15) is 0 Å². The third kappa shape index (κ3) is 3.82. The number of benzene rings is 2. The standard InChI is InChI=1S/C23H20N2O4/c1-14-13-28-20-12-18(6-7-19(20)21(14)26)29-22(16-8-10-25-11-9-16)15-2-4-17(5-3-15)23(24)27/h2-12,14,22H,13H2,1H3,(H2,24,27). The van der Waals surface area contributed by atoms with Crippen molar-refractivity contribution in [3.8, 4) is 11.5 Å². The fourth-order valence-corrected chi connectivity index (χ4v) is 3.28. The summed E-state index contributed by atoms with van der Waals surface area (Å²) in [5.74, 6) is 0.548. The van der Waals surface area contributed by atoms with E-state index >= 15 is 0 Å². The van der Waals surface area contributed by atoms with Crippen LogP contribution in [0.2, 0.25) is 0 Å². The van der Waals surface area contributed by atoms with Crippen LogP contribution in [0.4, 0.5) is 0 Å². The van der Waals surface area contributed by atoms with E-state index in [1.807, 2.05) is 31.2 Å². The zero-order valence-corrected chi connectivity index (χ0v) is 15.9. The number of ketones is 1. The molecule has 0 spiro atoms. The number of carbonyl (C=O) groups excluding carboxylic acids is 2. The van der Waals surface area contributed by atoms with Crippen LogP contribution >= 0.6 is 0 Å². The first-order chi connectivity index (χ1) is 14.0. The van der Waals surface area contributed by atoms with E-state index in [0.29, 0.717) is 29.2 Å². The van der Waals surface area contributed by atoms with Crippen molar-refractivity contribution in [3.63, 3.8) is 0 Å². The maximum atomic E-state index is 12.3. The predicted molar refractivity (Wildman–Crippen MR) is 107 cm³/mol. The summed E-state index contributed by atoms with van der Waals surface area (Å²) < 4.78 is 12.0. The predicted octanol–water partition coefficient (Wildman–Crippen LogP) is 3.56.